The molecule has 1 heterocycles. The van der Waals surface area contributed by atoms with Crippen molar-refractivity contribution in [2.24, 2.45) is 5.41 Å². The first kappa shape index (κ1) is 11.9. The zero-order valence-corrected chi connectivity index (χ0v) is 9.80. The van der Waals surface area contributed by atoms with Crippen LogP contribution in [0, 0.1) is 5.41 Å². The van der Waals surface area contributed by atoms with E-state index in [0.717, 1.165) is 32.4 Å². The predicted molar refractivity (Wildman–Crippen MR) is 62.0 cm³/mol. The van der Waals surface area contributed by atoms with E-state index in [4.69, 9.17) is 0 Å². The van der Waals surface area contributed by atoms with Crippen molar-refractivity contribution in [3.05, 3.63) is 0 Å². The van der Waals surface area contributed by atoms with Gasteiger partial charge in [0.25, 0.3) is 0 Å². The Kier molecular flexibility index (Phi) is 3.82. The van der Waals surface area contributed by atoms with E-state index in [-0.39, 0.29) is 17.9 Å². The van der Waals surface area contributed by atoms with Crippen LogP contribution in [0.15, 0.2) is 0 Å². The molecule has 4 nitrogen and oxygen atoms in total. The molecular weight excluding hydrogens is 204 g/mol. The van der Waals surface area contributed by atoms with E-state index >= 15 is 0 Å². The van der Waals surface area contributed by atoms with E-state index in [0.29, 0.717) is 12.5 Å². The number of nitrogens with one attached hydrogen (secondary N) is 2. The molecule has 1 unspecified atom stereocenters. The molecule has 1 atom stereocenters. The number of amides is 1. The van der Waals surface area contributed by atoms with Gasteiger partial charge in [0.1, 0.15) is 0 Å². The average Bonchev–Trinajstić information content (AvgIpc) is 2.89. The van der Waals surface area contributed by atoms with Crippen molar-refractivity contribution >= 4 is 5.91 Å². The van der Waals surface area contributed by atoms with Crippen molar-refractivity contribution in [2.45, 2.75) is 44.6 Å². The van der Waals surface area contributed by atoms with Gasteiger partial charge in [-0.05, 0) is 19.3 Å². The molecule has 1 aliphatic carbocycles. The first-order valence-electron chi connectivity index (χ1n) is 6.35. The summed E-state index contributed by atoms with van der Waals surface area (Å²) in [5, 5.41) is 15.8. The summed E-state index contributed by atoms with van der Waals surface area (Å²) in [5.41, 5.74) is 0.114. The highest BCUT2D eigenvalue weighted by molar-refractivity contribution is 5.78. The third-order valence-electron chi connectivity index (χ3n) is 3.98. The molecule has 3 N–H and O–H groups in total. The smallest absolute Gasteiger partial charge is 0.220 e. The molecule has 1 aliphatic heterocycles. The van der Waals surface area contributed by atoms with E-state index in [1.165, 1.54) is 12.8 Å². The number of carbonyl (C=O) groups is 1. The van der Waals surface area contributed by atoms with E-state index in [1.807, 2.05) is 0 Å². The summed E-state index contributed by atoms with van der Waals surface area (Å²) in [5.74, 6) is 0.171. The van der Waals surface area contributed by atoms with Crippen molar-refractivity contribution in [3.8, 4) is 0 Å². The minimum absolute atomic E-state index is 0.114. The quantitative estimate of drug-likeness (QED) is 0.636. The maximum atomic E-state index is 11.0. The molecule has 1 saturated heterocycles. The van der Waals surface area contributed by atoms with Crippen LogP contribution >= 0.6 is 0 Å². The van der Waals surface area contributed by atoms with Crippen LogP contribution in [0.25, 0.3) is 0 Å². The molecule has 4 heteroatoms. The van der Waals surface area contributed by atoms with Crippen LogP contribution in [0.3, 0.4) is 0 Å². The van der Waals surface area contributed by atoms with Crippen molar-refractivity contribution < 1.29 is 9.90 Å². The minimum Gasteiger partial charge on any atom is -0.396 e. The Bertz CT molecular complexity index is 249. The van der Waals surface area contributed by atoms with E-state index in [9.17, 15) is 9.90 Å². The Morgan fingerprint density at radius 3 is 2.75 bits per heavy atom. The second kappa shape index (κ2) is 5.15. The monoisotopic (exact) mass is 226 g/mol. The minimum atomic E-state index is 0.114. The van der Waals surface area contributed by atoms with Crippen molar-refractivity contribution in [1.82, 2.24) is 10.6 Å². The summed E-state index contributed by atoms with van der Waals surface area (Å²) in [4.78, 5) is 11.0. The van der Waals surface area contributed by atoms with Crippen molar-refractivity contribution in [1.29, 1.82) is 0 Å². The molecule has 0 aromatic heterocycles. The Morgan fingerprint density at radius 2 is 2.19 bits per heavy atom. The fourth-order valence-corrected chi connectivity index (χ4v) is 2.86. The molecule has 2 rings (SSSR count). The van der Waals surface area contributed by atoms with Crippen LogP contribution in [-0.4, -0.2) is 36.8 Å². The Hall–Kier alpha value is -0.610. The van der Waals surface area contributed by atoms with Gasteiger partial charge in [-0.2, -0.15) is 0 Å². The lowest BCUT2D eigenvalue weighted by Gasteiger charge is -2.27. The molecule has 2 fully saturated rings. The zero-order chi connectivity index (χ0) is 11.4. The van der Waals surface area contributed by atoms with Gasteiger partial charge in [0.2, 0.25) is 5.91 Å². The number of aliphatic hydroxyl groups is 1. The van der Waals surface area contributed by atoms with Gasteiger partial charge in [-0.3, -0.25) is 4.79 Å². The number of hydrogen-bond donors (Lipinski definition) is 3. The highest BCUT2D eigenvalue weighted by atomic mass is 16.3. The van der Waals surface area contributed by atoms with Gasteiger partial charge < -0.3 is 15.7 Å². The normalized spacial score (nSPS) is 28.3. The maximum Gasteiger partial charge on any atom is 0.220 e. The van der Waals surface area contributed by atoms with E-state index in [2.05, 4.69) is 10.6 Å². The van der Waals surface area contributed by atoms with Crippen molar-refractivity contribution in [3.63, 3.8) is 0 Å². The number of rotatable bonds is 5. The molecule has 0 aromatic rings. The first-order chi connectivity index (χ1) is 7.74. The topological polar surface area (TPSA) is 61.4 Å². The molecule has 16 heavy (non-hydrogen) atoms. The summed E-state index contributed by atoms with van der Waals surface area (Å²) < 4.78 is 0. The highest BCUT2D eigenvalue weighted by Crippen LogP contribution is 2.36. The Balaban J connectivity index is 1.68. The molecule has 92 valence electrons. The summed E-state index contributed by atoms with van der Waals surface area (Å²) in [6.07, 6.45) is 6.35. The van der Waals surface area contributed by atoms with Crippen LogP contribution < -0.4 is 10.6 Å². The second-order valence-corrected chi connectivity index (χ2v) is 5.30. The van der Waals surface area contributed by atoms with Crippen LogP contribution in [0.5, 0.6) is 0 Å². The summed E-state index contributed by atoms with van der Waals surface area (Å²) >= 11 is 0. The second-order valence-electron chi connectivity index (χ2n) is 5.30. The Morgan fingerprint density at radius 1 is 1.44 bits per heavy atom. The zero-order valence-electron chi connectivity index (χ0n) is 9.80. The number of hydrogen-bond acceptors (Lipinski definition) is 3. The largest absolute Gasteiger partial charge is 0.396 e. The number of carbonyl (C=O) groups excluding carboxylic acids is 1. The summed E-state index contributed by atoms with van der Waals surface area (Å²) in [7, 11) is 0. The standard InChI is InChI=1S/C12H22N2O2/c15-9-12(5-1-2-6-12)8-13-7-10-3-4-11(16)14-10/h10,13,15H,1-9H2,(H,14,16). The lowest BCUT2D eigenvalue weighted by molar-refractivity contribution is -0.119. The summed E-state index contributed by atoms with van der Waals surface area (Å²) in [6, 6.07) is 0.296. The van der Waals surface area contributed by atoms with Gasteiger partial charge in [-0.15, -0.1) is 0 Å². The highest BCUT2D eigenvalue weighted by Gasteiger charge is 2.33. The molecule has 0 bridgehead atoms. The molecule has 0 spiro atoms. The SMILES string of the molecule is O=C1CCC(CNCC2(CO)CCCC2)N1. The predicted octanol–water partition coefficient (Wildman–Crippen LogP) is 0.407. The van der Waals surface area contributed by atoms with Crippen LogP contribution in [-0.2, 0) is 4.79 Å². The maximum absolute atomic E-state index is 11.0. The van der Waals surface area contributed by atoms with Crippen LogP contribution in [0.4, 0.5) is 0 Å². The number of aliphatic hydroxyl groups excluding tert-OH is 1. The third-order valence-corrected chi connectivity index (χ3v) is 3.98. The van der Waals surface area contributed by atoms with E-state index in [1.54, 1.807) is 0 Å². The Labute approximate surface area is 96.8 Å². The summed E-state index contributed by atoms with van der Waals surface area (Å²) in [6.45, 7) is 2.01. The van der Waals surface area contributed by atoms with Gasteiger partial charge in [-0.25, -0.2) is 0 Å². The van der Waals surface area contributed by atoms with Crippen LogP contribution in [0.1, 0.15) is 38.5 Å². The lowest BCUT2D eigenvalue weighted by atomic mass is 9.87. The van der Waals surface area contributed by atoms with Gasteiger partial charge >= 0.3 is 0 Å². The van der Waals surface area contributed by atoms with Gasteiger partial charge in [0.15, 0.2) is 0 Å². The van der Waals surface area contributed by atoms with E-state index < -0.39 is 0 Å². The lowest BCUT2D eigenvalue weighted by Crippen LogP contribution is -2.41. The van der Waals surface area contributed by atoms with Gasteiger partial charge in [0.05, 0.1) is 0 Å². The van der Waals surface area contributed by atoms with Gasteiger partial charge in [0, 0.05) is 37.6 Å². The fraction of sp³-hybridized carbons (Fsp3) is 0.917. The fourth-order valence-electron chi connectivity index (χ4n) is 2.86. The molecule has 0 radical (unpaired) electrons. The van der Waals surface area contributed by atoms with Crippen molar-refractivity contribution in [2.75, 3.05) is 19.7 Å². The third kappa shape index (κ3) is 2.74. The molecule has 1 saturated carbocycles. The first-order valence-corrected chi connectivity index (χ1v) is 6.35. The van der Waals surface area contributed by atoms with Crippen LogP contribution in [0.2, 0.25) is 0 Å². The molecule has 1 amide bonds. The van der Waals surface area contributed by atoms with Gasteiger partial charge in [-0.1, -0.05) is 12.8 Å². The molecule has 0 aromatic carbocycles. The molecular formula is C12H22N2O2. The molecule has 2 aliphatic rings. The average molecular weight is 226 g/mol.